The Morgan fingerprint density at radius 2 is 2.10 bits per heavy atom. The molecule has 0 spiro atoms. The quantitative estimate of drug-likeness (QED) is 0.629. The van der Waals surface area contributed by atoms with Gasteiger partial charge in [0.1, 0.15) is 0 Å². The van der Waals surface area contributed by atoms with Crippen LogP contribution in [-0.2, 0) is 16.8 Å². The minimum atomic E-state index is -3.50. The normalized spacial score (nSPS) is 12.0. The summed E-state index contributed by atoms with van der Waals surface area (Å²) in [6.07, 6.45) is 5.05. The van der Waals surface area contributed by atoms with Crippen LogP contribution >= 0.6 is 0 Å². The Morgan fingerprint density at radius 1 is 1.35 bits per heavy atom. The third kappa shape index (κ3) is 5.48. The first kappa shape index (κ1) is 16.9. The molecule has 0 atom stereocenters. The average molecular weight is 303 g/mol. The number of hydrogen-bond donors (Lipinski definition) is 2. The first-order valence-corrected chi connectivity index (χ1v) is 8.40. The highest BCUT2D eigenvalue weighted by atomic mass is 32.2. The predicted octanol–water partition coefficient (Wildman–Crippen LogP) is 0.881. The molecule has 0 aliphatic heterocycles. The minimum absolute atomic E-state index is 0.480. The first-order valence-electron chi connectivity index (χ1n) is 6.96. The van der Waals surface area contributed by atoms with Crippen LogP contribution in [0.15, 0.2) is 12.4 Å². The summed E-state index contributed by atoms with van der Waals surface area (Å²) in [6, 6.07) is 0. The number of hydrogen-bond acceptors (Lipinski definition) is 4. The second kappa shape index (κ2) is 8.23. The molecule has 0 radical (unpaired) electrons. The fourth-order valence-corrected chi connectivity index (χ4v) is 2.59. The van der Waals surface area contributed by atoms with E-state index in [0.717, 1.165) is 25.9 Å². The molecule has 0 saturated heterocycles. The van der Waals surface area contributed by atoms with Gasteiger partial charge in [0.25, 0.3) is 0 Å². The standard InChI is InChI=1S/C12H25N5O2S/c1-4-7-13-8-6-9-16(3)20(18,19)15-12-10-14-17(5-2)11-12/h10-11,13,15H,4-9H2,1-3H3. The predicted molar refractivity (Wildman–Crippen MR) is 80.9 cm³/mol. The van der Waals surface area contributed by atoms with Gasteiger partial charge in [-0.2, -0.15) is 17.8 Å². The number of nitrogens with zero attached hydrogens (tertiary/aromatic N) is 3. The number of rotatable bonds is 10. The number of aryl methyl sites for hydroxylation is 1. The fourth-order valence-electron chi connectivity index (χ4n) is 1.66. The summed E-state index contributed by atoms with van der Waals surface area (Å²) in [5.41, 5.74) is 0.489. The maximum atomic E-state index is 12.1. The zero-order chi connectivity index (χ0) is 15.0. The number of anilines is 1. The molecule has 1 heterocycles. The van der Waals surface area contributed by atoms with Crippen molar-refractivity contribution in [3.63, 3.8) is 0 Å². The van der Waals surface area contributed by atoms with Crippen LogP contribution in [0.2, 0.25) is 0 Å². The van der Waals surface area contributed by atoms with E-state index >= 15 is 0 Å². The summed E-state index contributed by atoms with van der Waals surface area (Å²) < 4.78 is 29.7. The van der Waals surface area contributed by atoms with E-state index in [2.05, 4.69) is 22.1 Å². The van der Waals surface area contributed by atoms with E-state index in [-0.39, 0.29) is 0 Å². The summed E-state index contributed by atoms with van der Waals surface area (Å²) in [4.78, 5) is 0. The molecular formula is C12H25N5O2S. The molecule has 0 aliphatic carbocycles. The van der Waals surface area contributed by atoms with Crippen LogP contribution in [0.4, 0.5) is 5.69 Å². The first-order chi connectivity index (χ1) is 9.49. The van der Waals surface area contributed by atoms with Crippen molar-refractivity contribution in [3.05, 3.63) is 12.4 Å². The van der Waals surface area contributed by atoms with Crippen LogP contribution < -0.4 is 10.0 Å². The van der Waals surface area contributed by atoms with E-state index in [1.807, 2.05) is 6.92 Å². The summed E-state index contributed by atoms with van der Waals surface area (Å²) in [7, 11) is -1.92. The molecule has 1 aromatic rings. The molecule has 1 rings (SSSR count). The Bertz CT molecular complexity index is 486. The molecule has 8 heteroatoms. The van der Waals surface area contributed by atoms with Crippen molar-refractivity contribution in [1.82, 2.24) is 19.4 Å². The van der Waals surface area contributed by atoms with E-state index in [1.165, 1.54) is 10.5 Å². The van der Waals surface area contributed by atoms with E-state index < -0.39 is 10.2 Å². The molecule has 0 fully saturated rings. The molecule has 0 aliphatic rings. The molecule has 7 nitrogen and oxygen atoms in total. The lowest BCUT2D eigenvalue weighted by molar-refractivity contribution is 0.458. The van der Waals surface area contributed by atoms with E-state index in [1.54, 1.807) is 17.9 Å². The van der Waals surface area contributed by atoms with Gasteiger partial charge in [-0.1, -0.05) is 6.92 Å². The second-order valence-corrected chi connectivity index (χ2v) is 6.39. The molecule has 1 aromatic heterocycles. The van der Waals surface area contributed by atoms with Gasteiger partial charge in [0.2, 0.25) is 0 Å². The summed E-state index contributed by atoms with van der Waals surface area (Å²) in [5.74, 6) is 0. The van der Waals surface area contributed by atoms with Crippen LogP contribution in [0.5, 0.6) is 0 Å². The topological polar surface area (TPSA) is 79.3 Å². The van der Waals surface area contributed by atoms with Crippen molar-refractivity contribution >= 4 is 15.9 Å². The van der Waals surface area contributed by atoms with Crippen molar-refractivity contribution in [2.45, 2.75) is 33.2 Å². The Balaban J connectivity index is 2.42. The third-order valence-corrected chi connectivity index (χ3v) is 4.36. The van der Waals surface area contributed by atoms with Crippen LogP contribution in [0.3, 0.4) is 0 Å². The van der Waals surface area contributed by atoms with E-state index in [0.29, 0.717) is 18.8 Å². The zero-order valence-corrected chi connectivity index (χ0v) is 13.3. The van der Waals surface area contributed by atoms with E-state index in [9.17, 15) is 8.42 Å². The molecule has 0 amide bonds. The molecule has 0 aromatic carbocycles. The van der Waals surface area contributed by atoms with E-state index in [4.69, 9.17) is 0 Å². The Labute approximate surface area is 121 Å². The smallest absolute Gasteiger partial charge is 0.301 e. The van der Waals surface area contributed by atoms with Gasteiger partial charge in [-0.3, -0.25) is 9.40 Å². The minimum Gasteiger partial charge on any atom is -0.317 e. The van der Waals surface area contributed by atoms with Crippen molar-refractivity contribution < 1.29 is 8.42 Å². The van der Waals surface area contributed by atoms with Crippen LogP contribution in [-0.4, -0.2) is 49.2 Å². The highest BCUT2D eigenvalue weighted by molar-refractivity contribution is 7.90. The van der Waals surface area contributed by atoms with Gasteiger partial charge in [0, 0.05) is 26.3 Å². The van der Waals surface area contributed by atoms with Gasteiger partial charge in [-0.15, -0.1) is 0 Å². The van der Waals surface area contributed by atoms with Gasteiger partial charge in [-0.25, -0.2) is 0 Å². The lowest BCUT2D eigenvalue weighted by Crippen LogP contribution is -2.34. The van der Waals surface area contributed by atoms with Crippen molar-refractivity contribution in [3.8, 4) is 0 Å². The van der Waals surface area contributed by atoms with Crippen LogP contribution in [0.1, 0.15) is 26.7 Å². The molecule has 2 N–H and O–H groups in total. The van der Waals surface area contributed by atoms with Crippen molar-refractivity contribution in [1.29, 1.82) is 0 Å². The molecule has 0 unspecified atom stereocenters. The third-order valence-electron chi connectivity index (χ3n) is 2.87. The maximum absolute atomic E-state index is 12.1. The molecule has 116 valence electrons. The average Bonchev–Trinajstić information content (AvgIpc) is 2.85. The van der Waals surface area contributed by atoms with Gasteiger partial charge in [-0.05, 0) is 32.9 Å². The van der Waals surface area contributed by atoms with Crippen molar-refractivity contribution in [2.75, 3.05) is 31.4 Å². The number of nitrogens with one attached hydrogen (secondary N) is 2. The Hall–Kier alpha value is -1.12. The monoisotopic (exact) mass is 303 g/mol. The van der Waals surface area contributed by atoms with Crippen molar-refractivity contribution in [2.24, 2.45) is 0 Å². The molecular weight excluding hydrogens is 278 g/mol. The lowest BCUT2D eigenvalue weighted by atomic mass is 10.4. The van der Waals surface area contributed by atoms with Gasteiger partial charge in [0.05, 0.1) is 11.9 Å². The number of aromatic nitrogens is 2. The summed E-state index contributed by atoms with van der Waals surface area (Å²) in [5, 5.41) is 7.28. The van der Waals surface area contributed by atoms with Gasteiger partial charge >= 0.3 is 10.2 Å². The van der Waals surface area contributed by atoms with Gasteiger partial charge in [0.15, 0.2) is 0 Å². The zero-order valence-electron chi connectivity index (χ0n) is 12.5. The largest absolute Gasteiger partial charge is 0.317 e. The summed E-state index contributed by atoms with van der Waals surface area (Å²) in [6.45, 7) is 7.02. The summed E-state index contributed by atoms with van der Waals surface area (Å²) >= 11 is 0. The highest BCUT2D eigenvalue weighted by Crippen LogP contribution is 2.09. The van der Waals surface area contributed by atoms with Crippen LogP contribution in [0.25, 0.3) is 0 Å². The fraction of sp³-hybridized carbons (Fsp3) is 0.750. The Kier molecular flexibility index (Phi) is 6.97. The van der Waals surface area contributed by atoms with Gasteiger partial charge < -0.3 is 5.32 Å². The Morgan fingerprint density at radius 3 is 2.70 bits per heavy atom. The molecule has 20 heavy (non-hydrogen) atoms. The lowest BCUT2D eigenvalue weighted by Gasteiger charge is -2.17. The second-order valence-electron chi connectivity index (χ2n) is 4.62. The molecule has 0 bridgehead atoms. The molecule has 0 saturated carbocycles. The highest BCUT2D eigenvalue weighted by Gasteiger charge is 2.17. The van der Waals surface area contributed by atoms with Crippen LogP contribution in [0, 0.1) is 0 Å². The maximum Gasteiger partial charge on any atom is 0.301 e. The SMILES string of the molecule is CCCNCCCN(C)S(=O)(=O)Nc1cnn(CC)c1.